The molecule has 96 valence electrons. The summed E-state index contributed by atoms with van der Waals surface area (Å²) in [6.07, 6.45) is 24.7. The van der Waals surface area contributed by atoms with Gasteiger partial charge in [-0.3, -0.25) is 0 Å². The Morgan fingerprint density at radius 3 is 1.28 bits per heavy atom. The van der Waals surface area contributed by atoms with Crippen molar-refractivity contribution in [2.45, 2.75) is 27.7 Å². The van der Waals surface area contributed by atoms with E-state index in [4.69, 9.17) is 0 Å². The smallest absolute Gasteiger partial charge is 0.0398 e. The number of rotatable bonds is 6. The standard InChI is InChI=1S/C18H24/c1-5-7-9-13-17(3)15-11-12-16-18(4)14-10-8-6-2/h5-16H,1-4H3. The van der Waals surface area contributed by atoms with Crippen LogP contribution in [0.2, 0.25) is 0 Å². The van der Waals surface area contributed by atoms with Crippen molar-refractivity contribution in [2.75, 3.05) is 0 Å². The van der Waals surface area contributed by atoms with Crippen molar-refractivity contribution in [3.05, 3.63) is 84.1 Å². The Hall–Kier alpha value is -1.82. The van der Waals surface area contributed by atoms with Gasteiger partial charge in [-0.2, -0.15) is 0 Å². The van der Waals surface area contributed by atoms with Gasteiger partial charge in [-0.25, -0.2) is 0 Å². The van der Waals surface area contributed by atoms with Crippen LogP contribution in [-0.4, -0.2) is 0 Å². The van der Waals surface area contributed by atoms with E-state index in [1.165, 1.54) is 11.1 Å². The SMILES string of the molecule is CC=CC=CC(C)=CC=CC=C(C)C=CC=CC. The van der Waals surface area contributed by atoms with Crippen LogP contribution in [0.3, 0.4) is 0 Å². The lowest BCUT2D eigenvalue weighted by Gasteiger charge is -1.88. The highest BCUT2D eigenvalue weighted by atomic mass is 13.8. The lowest BCUT2D eigenvalue weighted by molar-refractivity contribution is 1.50. The summed E-state index contributed by atoms with van der Waals surface area (Å²) in [6.45, 7) is 8.20. The molecule has 0 radical (unpaired) electrons. The van der Waals surface area contributed by atoms with Gasteiger partial charge in [-0.1, -0.05) is 84.1 Å². The van der Waals surface area contributed by atoms with E-state index in [9.17, 15) is 0 Å². The molecule has 0 aromatic carbocycles. The fourth-order valence-corrected chi connectivity index (χ4v) is 1.16. The molecular formula is C18H24. The summed E-state index contributed by atoms with van der Waals surface area (Å²) in [5.74, 6) is 0. The predicted molar refractivity (Wildman–Crippen MR) is 84.6 cm³/mol. The lowest BCUT2D eigenvalue weighted by Crippen LogP contribution is -1.66. The van der Waals surface area contributed by atoms with Gasteiger partial charge in [0.15, 0.2) is 0 Å². The van der Waals surface area contributed by atoms with Crippen molar-refractivity contribution >= 4 is 0 Å². The molecule has 18 heavy (non-hydrogen) atoms. The first-order chi connectivity index (χ1) is 8.70. The highest BCUT2D eigenvalue weighted by Gasteiger charge is 1.78. The first kappa shape index (κ1) is 16.2. The normalized spacial score (nSPS) is 15.3. The molecule has 0 N–H and O–H groups in total. The summed E-state index contributed by atoms with van der Waals surface area (Å²) < 4.78 is 0. The molecule has 0 spiro atoms. The third kappa shape index (κ3) is 10.7. The highest BCUT2D eigenvalue weighted by molar-refractivity contribution is 5.28. The molecule has 0 heterocycles. The molecule has 0 atom stereocenters. The Morgan fingerprint density at radius 1 is 0.556 bits per heavy atom. The van der Waals surface area contributed by atoms with Gasteiger partial charge < -0.3 is 0 Å². The molecule has 0 bridgehead atoms. The highest BCUT2D eigenvalue weighted by Crippen LogP contribution is 1.99. The van der Waals surface area contributed by atoms with E-state index in [2.05, 4.69) is 50.3 Å². The molecule has 0 amide bonds. The van der Waals surface area contributed by atoms with E-state index in [0.29, 0.717) is 0 Å². The predicted octanol–water partition coefficient (Wildman–Crippen LogP) is 5.70. The maximum absolute atomic E-state index is 2.10. The molecule has 0 aliphatic carbocycles. The second kappa shape index (κ2) is 11.7. The van der Waals surface area contributed by atoms with E-state index in [1.807, 2.05) is 50.3 Å². The van der Waals surface area contributed by atoms with Gasteiger partial charge in [0.2, 0.25) is 0 Å². The summed E-state index contributed by atoms with van der Waals surface area (Å²) in [7, 11) is 0. The van der Waals surface area contributed by atoms with E-state index in [1.54, 1.807) is 0 Å². The van der Waals surface area contributed by atoms with Crippen LogP contribution >= 0.6 is 0 Å². The molecule has 0 heteroatoms. The van der Waals surface area contributed by atoms with Gasteiger partial charge in [0.1, 0.15) is 0 Å². The Balaban J connectivity index is 4.31. The molecule has 0 saturated heterocycles. The molecule has 0 aromatic heterocycles. The van der Waals surface area contributed by atoms with Crippen LogP contribution in [0.4, 0.5) is 0 Å². The van der Waals surface area contributed by atoms with Crippen LogP contribution in [-0.2, 0) is 0 Å². The summed E-state index contributed by atoms with van der Waals surface area (Å²) in [6, 6.07) is 0. The van der Waals surface area contributed by atoms with Crippen LogP contribution in [0.25, 0.3) is 0 Å². The Kier molecular flexibility index (Phi) is 10.5. The van der Waals surface area contributed by atoms with Crippen LogP contribution < -0.4 is 0 Å². The van der Waals surface area contributed by atoms with Crippen molar-refractivity contribution in [1.82, 2.24) is 0 Å². The van der Waals surface area contributed by atoms with Crippen molar-refractivity contribution in [3.63, 3.8) is 0 Å². The van der Waals surface area contributed by atoms with E-state index in [-0.39, 0.29) is 0 Å². The fraction of sp³-hybridized carbons (Fsp3) is 0.222. The lowest BCUT2D eigenvalue weighted by atomic mass is 10.2. The monoisotopic (exact) mass is 240 g/mol. The van der Waals surface area contributed by atoms with Crippen LogP contribution in [0.1, 0.15) is 27.7 Å². The van der Waals surface area contributed by atoms with E-state index >= 15 is 0 Å². The maximum Gasteiger partial charge on any atom is -0.0398 e. The second-order valence-corrected chi connectivity index (χ2v) is 3.98. The molecule has 0 aliphatic rings. The van der Waals surface area contributed by atoms with E-state index < -0.39 is 0 Å². The average Bonchev–Trinajstić information content (AvgIpc) is 2.35. The number of hydrogen-bond acceptors (Lipinski definition) is 0. The van der Waals surface area contributed by atoms with Crippen LogP contribution in [0, 0.1) is 0 Å². The molecule has 0 saturated carbocycles. The van der Waals surface area contributed by atoms with Gasteiger partial charge in [0.05, 0.1) is 0 Å². The van der Waals surface area contributed by atoms with Crippen molar-refractivity contribution in [1.29, 1.82) is 0 Å². The van der Waals surface area contributed by atoms with Crippen LogP contribution in [0.15, 0.2) is 84.1 Å². The third-order valence-electron chi connectivity index (χ3n) is 2.15. The number of allylic oxidation sites excluding steroid dienone is 14. The second-order valence-electron chi connectivity index (χ2n) is 3.98. The first-order valence-corrected chi connectivity index (χ1v) is 6.31. The molecule has 0 nitrogen and oxygen atoms in total. The molecule has 0 fully saturated rings. The summed E-state index contributed by atoms with van der Waals surface area (Å²) in [5, 5.41) is 0. The summed E-state index contributed by atoms with van der Waals surface area (Å²) >= 11 is 0. The zero-order chi connectivity index (χ0) is 13.6. The van der Waals surface area contributed by atoms with Crippen LogP contribution in [0.5, 0.6) is 0 Å². The molecule has 0 unspecified atom stereocenters. The fourth-order valence-electron chi connectivity index (χ4n) is 1.16. The van der Waals surface area contributed by atoms with Crippen molar-refractivity contribution in [3.8, 4) is 0 Å². The Bertz CT molecular complexity index is 367. The quantitative estimate of drug-likeness (QED) is 0.522. The minimum absolute atomic E-state index is 1.24. The minimum atomic E-state index is 1.24. The maximum atomic E-state index is 2.10. The van der Waals surface area contributed by atoms with Crippen molar-refractivity contribution < 1.29 is 0 Å². The Morgan fingerprint density at radius 2 is 0.944 bits per heavy atom. The molecule has 0 aromatic rings. The zero-order valence-electron chi connectivity index (χ0n) is 11.9. The topological polar surface area (TPSA) is 0 Å². The van der Waals surface area contributed by atoms with Gasteiger partial charge in [-0.05, 0) is 27.7 Å². The largest absolute Gasteiger partial charge is 0.0877 e. The van der Waals surface area contributed by atoms with E-state index in [0.717, 1.165) is 0 Å². The molecular weight excluding hydrogens is 216 g/mol. The third-order valence-corrected chi connectivity index (χ3v) is 2.15. The first-order valence-electron chi connectivity index (χ1n) is 6.31. The zero-order valence-corrected chi connectivity index (χ0v) is 11.9. The van der Waals surface area contributed by atoms with Crippen molar-refractivity contribution in [2.24, 2.45) is 0 Å². The van der Waals surface area contributed by atoms with Gasteiger partial charge in [0.25, 0.3) is 0 Å². The summed E-state index contributed by atoms with van der Waals surface area (Å²) in [5.41, 5.74) is 2.47. The Labute approximate surface area is 112 Å². The van der Waals surface area contributed by atoms with Gasteiger partial charge in [0, 0.05) is 0 Å². The molecule has 0 aliphatic heterocycles. The molecule has 0 rings (SSSR count). The van der Waals surface area contributed by atoms with Gasteiger partial charge in [-0.15, -0.1) is 0 Å². The number of hydrogen-bond donors (Lipinski definition) is 0. The average molecular weight is 240 g/mol. The minimum Gasteiger partial charge on any atom is -0.0877 e. The summed E-state index contributed by atoms with van der Waals surface area (Å²) in [4.78, 5) is 0. The van der Waals surface area contributed by atoms with Gasteiger partial charge >= 0.3 is 0 Å².